The van der Waals surface area contributed by atoms with Gasteiger partial charge < -0.3 is 15.5 Å². The molecule has 3 rings (SSSR count). The summed E-state index contributed by atoms with van der Waals surface area (Å²) in [4.78, 5) is 26.4. The lowest BCUT2D eigenvalue weighted by Crippen LogP contribution is -2.47. The van der Waals surface area contributed by atoms with Crippen molar-refractivity contribution in [1.82, 2.24) is 15.5 Å². The summed E-state index contributed by atoms with van der Waals surface area (Å²) in [5.74, 6) is 0.134. The van der Waals surface area contributed by atoms with E-state index < -0.39 is 11.7 Å². The Hall–Kier alpha value is -2.09. The van der Waals surface area contributed by atoms with Crippen LogP contribution in [0, 0.1) is 5.92 Å². The molecule has 154 valence electrons. The van der Waals surface area contributed by atoms with Gasteiger partial charge in [-0.1, -0.05) is 12.1 Å². The third kappa shape index (κ3) is 5.47. The Bertz CT molecular complexity index is 685. The molecule has 0 radical (unpaired) electrons. The molecule has 0 spiro atoms. The van der Waals surface area contributed by atoms with E-state index in [2.05, 4.69) is 10.6 Å². The Labute approximate surface area is 162 Å². The number of amides is 2. The highest BCUT2D eigenvalue weighted by Crippen LogP contribution is 2.29. The molecule has 2 fully saturated rings. The molecular weight excluding hydrogens is 371 g/mol. The molecule has 0 aliphatic carbocycles. The summed E-state index contributed by atoms with van der Waals surface area (Å²) in [6.07, 6.45) is -0.615. The summed E-state index contributed by atoms with van der Waals surface area (Å²) in [7, 11) is 0. The molecule has 0 aromatic heterocycles. The fourth-order valence-electron chi connectivity index (χ4n) is 3.83. The number of likely N-dealkylation sites (tertiary alicyclic amines) is 1. The van der Waals surface area contributed by atoms with Gasteiger partial charge in [0, 0.05) is 19.6 Å². The van der Waals surface area contributed by atoms with Gasteiger partial charge in [0.05, 0.1) is 18.0 Å². The Morgan fingerprint density at radius 1 is 1.14 bits per heavy atom. The van der Waals surface area contributed by atoms with Gasteiger partial charge >= 0.3 is 6.18 Å². The first-order chi connectivity index (χ1) is 13.3. The quantitative estimate of drug-likeness (QED) is 0.802. The fraction of sp³-hybridized carbons (Fsp3) is 0.600. The highest BCUT2D eigenvalue weighted by molar-refractivity contribution is 5.82. The van der Waals surface area contributed by atoms with Crippen LogP contribution in [0.5, 0.6) is 0 Å². The zero-order chi connectivity index (χ0) is 20.1. The summed E-state index contributed by atoms with van der Waals surface area (Å²) in [5.41, 5.74) is -0.144. The highest BCUT2D eigenvalue weighted by atomic mass is 19.4. The number of carbonyl (C=O) groups excluding carboxylic acids is 2. The molecule has 1 aromatic carbocycles. The van der Waals surface area contributed by atoms with E-state index >= 15 is 0 Å². The van der Waals surface area contributed by atoms with E-state index in [0.29, 0.717) is 25.2 Å². The van der Waals surface area contributed by atoms with E-state index in [0.717, 1.165) is 44.4 Å². The molecule has 8 heteroatoms. The second kappa shape index (κ2) is 8.94. The van der Waals surface area contributed by atoms with Gasteiger partial charge in [-0.15, -0.1) is 0 Å². The molecular formula is C20H26F3N3O2. The molecule has 2 saturated heterocycles. The summed E-state index contributed by atoms with van der Waals surface area (Å²) in [6, 6.07) is 4.62. The predicted molar refractivity (Wildman–Crippen MR) is 98.5 cm³/mol. The molecule has 2 aliphatic heterocycles. The lowest BCUT2D eigenvalue weighted by molar-refractivity contribution is -0.137. The summed E-state index contributed by atoms with van der Waals surface area (Å²) in [6.45, 7) is 2.63. The normalized spacial score (nSPS) is 22.9. The van der Waals surface area contributed by atoms with E-state index in [4.69, 9.17) is 0 Å². The first kappa shape index (κ1) is 20.6. The summed E-state index contributed by atoms with van der Waals surface area (Å²) in [5, 5.41) is 6.14. The Morgan fingerprint density at radius 2 is 1.89 bits per heavy atom. The Balaban J connectivity index is 1.47. The highest BCUT2D eigenvalue weighted by Gasteiger charge is 2.30. The zero-order valence-corrected chi connectivity index (χ0v) is 15.7. The van der Waals surface area contributed by atoms with Crippen LogP contribution < -0.4 is 10.6 Å². The first-order valence-corrected chi connectivity index (χ1v) is 9.78. The minimum Gasteiger partial charge on any atom is -0.354 e. The number of rotatable bonds is 5. The molecule has 2 amide bonds. The van der Waals surface area contributed by atoms with Crippen LogP contribution >= 0.6 is 0 Å². The molecule has 2 heterocycles. The lowest BCUT2D eigenvalue weighted by atomic mass is 9.97. The van der Waals surface area contributed by atoms with Crippen molar-refractivity contribution >= 4 is 11.8 Å². The molecule has 28 heavy (non-hydrogen) atoms. The predicted octanol–water partition coefficient (Wildman–Crippen LogP) is 2.35. The van der Waals surface area contributed by atoms with Gasteiger partial charge in [-0.2, -0.15) is 13.2 Å². The number of carbonyl (C=O) groups is 2. The number of nitrogens with one attached hydrogen (secondary N) is 2. The molecule has 2 atom stereocenters. The number of benzene rings is 1. The van der Waals surface area contributed by atoms with Crippen LogP contribution in [-0.4, -0.2) is 48.9 Å². The van der Waals surface area contributed by atoms with Crippen LogP contribution in [0.25, 0.3) is 0 Å². The number of halogens is 3. The lowest BCUT2D eigenvalue weighted by Gasteiger charge is -2.33. The fourth-order valence-corrected chi connectivity index (χ4v) is 3.83. The van der Waals surface area contributed by atoms with Crippen molar-refractivity contribution in [2.24, 2.45) is 5.92 Å². The summed E-state index contributed by atoms with van der Waals surface area (Å²) < 4.78 is 37.9. The number of hydrogen-bond donors (Lipinski definition) is 2. The number of alkyl halides is 3. The van der Waals surface area contributed by atoms with Crippen molar-refractivity contribution in [3.05, 3.63) is 35.4 Å². The monoisotopic (exact) mass is 397 g/mol. The van der Waals surface area contributed by atoms with E-state index in [1.54, 1.807) is 4.90 Å². The van der Waals surface area contributed by atoms with Crippen molar-refractivity contribution in [2.75, 3.05) is 26.2 Å². The standard InChI is InChI=1S/C20H26F3N3O2/c21-20(22,23)16-7-5-14(6-8-16)11-18(27)26-10-2-3-15(13-26)12-25-19(28)17-4-1-9-24-17/h5-8,15,17,24H,1-4,9-13H2,(H,25,28). The summed E-state index contributed by atoms with van der Waals surface area (Å²) >= 11 is 0. The largest absolute Gasteiger partial charge is 0.416 e. The van der Waals surface area contributed by atoms with Gasteiger partial charge in [-0.05, 0) is 55.8 Å². The van der Waals surface area contributed by atoms with Crippen LogP contribution in [0.15, 0.2) is 24.3 Å². The van der Waals surface area contributed by atoms with Crippen LogP contribution in [-0.2, 0) is 22.2 Å². The van der Waals surface area contributed by atoms with Crippen molar-refractivity contribution in [1.29, 1.82) is 0 Å². The van der Waals surface area contributed by atoms with Crippen LogP contribution in [0.1, 0.15) is 36.8 Å². The smallest absolute Gasteiger partial charge is 0.354 e. The van der Waals surface area contributed by atoms with Crippen molar-refractivity contribution in [3.63, 3.8) is 0 Å². The SMILES string of the molecule is O=C(NCC1CCCN(C(=O)Cc2ccc(C(F)(F)F)cc2)C1)C1CCCN1. The maximum Gasteiger partial charge on any atom is 0.416 e. The van der Waals surface area contributed by atoms with E-state index in [1.165, 1.54) is 12.1 Å². The minimum absolute atomic E-state index is 0.0192. The minimum atomic E-state index is -4.37. The van der Waals surface area contributed by atoms with Crippen LogP contribution in [0.2, 0.25) is 0 Å². The van der Waals surface area contributed by atoms with Crippen molar-refractivity contribution in [2.45, 2.75) is 44.3 Å². The van der Waals surface area contributed by atoms with Gasteiger partial charge in [0.2, 0.25) is 11.8 Å². The first-order valence-electron chi connectivity index (χ1n) is 9.78. The van der Waals surface area contributed by atoms with Crippen molar-refractivity contribution < 1.29 is 22.8 Å². The van der Waals surface area contributed by atoms with Gasteiger partial charge in [0.25, 0.3) is 0 Å². The third-order valence-corrected chi connectivity index (χ3v) is 5.45. The van der Waals surface area contributed by atoms with E-state index in [9.17, 15) is 22.8 Å². The zero-order valence-electron chi connectivity index (χ0n) is 15.7. The average molecular weight is 397 g/mol. The van der Waals surface area contributed by atoms with Crippen molar-refractivity contribution in [3.8, 4) is 0 Å². The van der Waals surface area contributed by atoms with Crippen LogP contribution in [0.4, 0.5) is 13.2 Å². The van der Waals surface area contributed by atoms with Gasteiger partial charge in [-0.25, -0.2) is 0 Å². The molecule has 1 aromatic rings. The molecule has 2 aliphatic rings. The molecule has 0 saturated carbocycles. The van der Waals surface area contributed by atoms with E-state index in [-0.39, 0.29) is 30.2 Å². The molecule has 0 bridgehead atoms. The topological polar surface area (TPSA) is 61.4 Å². The van der Waals surface area contributed by atoms with E-state index in [1.807, 2.05) is 0 Å². The second-order valence-electron chi connectivity index (χ2n) is 7.61. The average Bonchev–Trinajstić information content (AvgIpc) is 3.21. The van der Waals surface area contributed by atoms with Gasteiger partial charge in [0.1, 0.15) is 0 Å². The number of piperidine rings is 1. The van der Waals surface area contributed by atoms with Crippen LogP contribution in [0.3, 0.4) is 0 Å². The molecule has 2 N–H and O–H groups in total. The third-order valence-electron chi connectivity index (χ3n) is 5.45. The van der Waals surface area contributed by atoms with Gasteiger partial charge in [-0.3, -0.25) is 9.59 Å². The Kier molecular flexibility index (Phi) is 6.59. The maximum absolute atomic E-state index is 12.6. The number of nitrogens with zero attached hydrogens (tertiary/aromatic N) is 1. The second-order valence-corrected chi connectivity index (χ2v) is 7.61. The Morgan fingerprint density at radius 3 is 2.54 bits per heavy atom. The number of hydrogen-bond acceptors (Lipinski definition) is 3. The maximum atomic E-state index is 12.6. The molecule has 2 unspecified atom stereocenters. The van der Waals surface area contributed by atoms with Gasteiger partial charge in [0.15, 0.2) is 0 Å². The molecule has 5 nitrogen and oxygen atoms in total.